The number of hydrogen-bond donors (Lipinski definition) is 1. The molecule has 0 amide bonds. The van der Waals surface area contributed by atoms with Crippen molar-refractivity contribution in [3.63, 3.8) is 0 Å². The van der Waals surface area contributed by atoms with Crippen molar-refractivity contribution in [3.05, 3.63) is 39.6 Å². The summed E-state index contributed by atoms with van der Waals surface area (Å²) in [7, 11) is 0. The minimum absolute atomic E-state index is 0.261. The van der Waals surface area contributed by atoms with Crippen LogP contribution in [0.2, 0.25) is 0 Å². The van der Waals surface area contributed by atoms with Crippen LogP contribution in [0.1, 0.15) is 30.0 Å². The zero-order chi connectivity index (χ0) is 13.1. The quantitative estimate of drug-likeness (QED) is 0.940. The van der Waals surface area contributed by atoms with Crippen LogP contribution in [0.4, 0.5) is 0 Å². The Morgan fingerprint density at radius 3 is 2.83 bits per heavy atom. The lowest BCUT2D eigenvalue weighted by Gasteiger charge is -2.13. The number of nitrogens with zero attached hydrogens (tertiary/aromatic N) is 2. The Labute approximate surface area is 113 Å². The van der Waals surface area contributed by atoms with E-state index in [9.17, 15) is 5.11 Å². The summed E-state index contributed by atoms with van der Waals surface area (Å²) in [5.74, 6) is 0.621. The smallest absolute Gasteiger partial charge is 0.145 e. The van der Waals surface area contributed by atoms with Crippen molar-refractivity contribution in [3.8, 4) is 5.75 Å². The van der Waals surface area contributed by atoms with E-state index < -0.39 is 6.10 Å². The second-order valence-corrected chi connectivity index (χ2v) is 4.86. The first kappa shape index (κ1) is 13.0. The van der Waals surface area contributed by atoms with Gasteiger partial charge >= 0.3 is 0 Å². The molecule has 1 aromatic carbocycles. The number of ether oxygens (including phenoxy) is 1. The predicted octanol–water partition coefficient (Wildman–Crippen LogP) is 2.77. The van der Waals surface area contributed by atoms with Crippen molar-refractivity contribution in [2.75, 3.05) is 0 Å². The van der Waals surface area contributed by atoms with Crippen molar-refractivity contribution in [1.82, 2.24) is 10.3 Å². The Bertz CT molecular complexity index is 540. The molecule has 1 atom stereocenters. The van der Waals surface area contributed by atoms with Gasteiger partial charge in [0.1, 0.15) is 23.7 Å². The fourth-order valence-corrected chi connectivity index (χ4v) is 1.88. The van der Waals surface area contributed by atoms with Gasteiger partial charge in [-0.15, -0.1) is 0 Å². The molecule has 0 saturated heterocycles. The van der Waals surface area contributed by atoms with Crippen LogP contribution in [0.25, 0.3) is 0 Å². The van der Waals surface area contributed by atoms with Gasteiger partial charge in [-0.05, 0) is 32.0 Å². The average Bonchev–Trinajstić information content (AvgIpc) is 2.73. The lowest BCUT2D eigenvalue weighted by atomic mass is 10.1. The SMILES string of the molecule is Cc1nonc1COc1ccc(Br)cc1[C@H](C)O. The van der Waals surface area contributed by atoms with Gasteiger partial charge in [-0.2, -0.15) is 0 Å². The van der Waals surface area contributed by atoms with Crippen molar-refractivity contribution >= 4 is 15.9 Å². The molecular formula is C12H13BrN2O3. The Hall–Kier alpha value is -1.40. The zero-order valence-electron chi connectivity index (χ0n) is 10.1. The van der Waals surface area contributed by atoms with Crippen LogP contribution < -0.4 is 4.74 Å². The van der Waals surface area contributed by atoms with Gasteiger partial charge in [-0.1, -0.05) is 26.2 Å². The van der Waals surface area contributed by atoms with E-state index in [0.29, 0.717) is 17.1 Å². The standard InChI is InChI=1S/C12H13BrN2O3/c1-7-11(15-18-14-7)6-17-12-4-3-9(13)5-10(12)8(2)16/h3-5,8,16H,6H2,1-2H3/t8-/m0/s1. The predicted molar refractivity (Wildman–Crippen MR) is 68.1 cm³/mol. The van der Waals surface area contributed by atoms with E-state index in [1.807, 2.05) is 12.1 Å². The van der Waals surface area contributed by atoms with Gasteiger partial charge in [0.2, 0.25) is 0 Å². The molecule has 1 heterocycles. The van der Waals surface area contributed by atoms with Crippen LogP contribution in [0.5, 0.6) is 5.75 Å². The van der Waals surface area contributed by atoms with Gasteiger partial charge in [-0.25, -0.2) is 4.63 Å². The molecule has 0 aliphatic carbocycles. The maximum absolute atomic E-state index is 9.69. The van der Waals surface area contributed by atoms with E-state index in [4.69, 9.17) is 4.74 Å². The molecule has 0 saturated carbocycles. The second kappa shape index (κ2) is 5.49. The first-order chi connectivity index (χ1) is 8.58. The highest BCUT2D eigenvalue weighted by atomic mass is 79.9. The van der Waals surface area contributed by atoms with Crippen molar-refractivity contribution in [2.24, 2.45) is 0 Å². The van der Waals surface area contributed by atoms with E-state index in [1.165, 1.54) is 0 Å². The minimum atomic E-state index is -0.603. The molecule has 2 aromatic rings. The number of hydrogen-bond acceptors (Lipinski definition) is 5. The van der Waals surface area contributed by atoms with Gasteiger partial charge in [0, 0.05) is 10.0 Å². The normalized spacial score (nSPS) is 12.4. The summed E-state index contributed by atoms with van der Waals surface area (Å²) in [4.78, 5) is 0. The molecule has 18 heavy (non-hydrogen) atoms. The molecule has 1 aromatic heterocycles. The van der Waals surface area contributed by atoms with E-state index >= 15 is 0 Å². The van der Waals surface area contributed by atoms with E-state index in [2.05, 4.69) is 30.9 Å². The molecule has 2 rings (SSSR count). The van der Waals surface area contributed by atoms with Gasteiger partial charge in [0.05, 0.1) is 6.10 Å². The lowest BCUT2D eigenvalue weighted by molar-refractivity contribution is 0.189. The average molecular weight is 313 g/mol. The van der Waals surface area contributed by atoms with Crippen LogP contribution >= 0.6 is 15.9 Å². The maximum Gasteiger partial charge on any atom is 0.145 e. The molecule has 0 unspecified atom stereocenters. The summed E-state index contributed by atoms with van der Waals surface area (Å²) in [5.41, 5.74) is 2.07. The van der Waals surface area contributed by atoms with E-state index in [0.717, 1.165) is 10.0 Å². The Morgan fingerprint density at radius 2 is 2.22 bits per heavy atom. The number of benzene rings is 1. The summed E-state index contributed by atoms with van der Waals surface area (Å²) in [5, 5.41) is 17.1. The van der Waals surface area contributed by atoms with Crippen molar-refractivity contribution in [1.29, 1.82) is 0 Å². The molecule has 0 bridgehead atoms. The number of aliphatic hydroxyl groups excluding tert-OH is 1. The fraction of sp³-hybridized carbons (Fsp3) is 0.333. The first-order valence-corrected chi connectivity index (χ1v) is 6.25. The monoisotopic (exact) mass is 312 g/mol. The number of aromatic nitrogens is 2. The first-order valence-electron chi connectivity index (χ1n) is 5.46. The van der Waals surface area contributed by atoms with Crippen molar-refractivity contribution < 1.29 is 14.5 Å². The zero-order valence-corrected chi connectivity index (χ0v) is 11.6. The third-order valence-electron chi connectivity index (χ3n) is 2.53. The molecule has 0 aliphatic heterocycles. The van der Waals surface area contributed by atoms with E-state index in [-0.39, 0.29) is 6.61 Å². The highest BCUT2D eigenvalue weighted by Crippen LogP contribution is 2.29. The molecule has 0 aliphatic rings. The number of aliphatic hydroxyl groups is 1. The number of rotatable bonds is 4. The van der Waals surface area contributed by atoms with Crippen molar-refractivity contribution in [2.45, 2.75) is 26.6 Å². The molecule has 96 valence electrons. The summed E-state index contributed by atoms with van der Waals surface area (Å²) in [6.07, 6.45) is -0.603. The largest absolute Gasteiger partial charge is 0.487 e. The molecular weight excluding hydrogens is 300 g/mol. The maximum atomic E-state index is 9.69. The van der Waals surface area contributed by atoms with Crippen LogP contribution in [0.15, 0.2) is 27.3 Å². The van der Waals surface area contributed by atoms with Gasteiger partial charge in [-0.3, -0.25) is 0 Å². The minimum Gasteiger partial charge on any atom is -0.487 e. The lowest BCUT2D eigenvalue weighted by Crippen LogP contribution is -2.02. The third kappa shape index (κ3) is 2.88. The molecule has 6 heteroatoms. The summed E-state index contributed by atoms with van der Waals surface area (Å²) in [6.45, 7) is 3.75. The number of aryl methyl sites for hydroxylation is 1. The van der Waals surface area contributed by atoms with Crippen LogP contribution in [0.3, 0.4) is 0 Å². The molecule has 1 N–H and O–H groups in total. The van der Waals surface area contributed by atoms with E-state index in [1.54, 1.807) is 19.9 Å². The van der Waals surface area contributed by atoms with Gasteiger partial charge in [0.15, 0.2) is 0 Å². The summed E-state index contributed by atoms with van der Waals surface area (Å²) < 4.78 is 11.1. The molecule has 0 radical (unpaired) electrons. The fourth-order valence-electron chi connectivity index (χ4n) is 1.50. The van der Waals surface area contributed by atoms with Crippen LogP contribution in [-0.2, 0) is 6.61 Å². The van der Waals surface area contributed by atoms with Crippen LogP contribution in [0, 0.1) is 6.92 Å². The Balaban J connectivity index is 2.16. The Morgan fingerprint density at radius 1 is 1.44 bits per heavy atom. The molecule has 0 spiro atoms. The third-order valence-corrected chi connectivity index (χ3v) is 3.03. The molecule has 0 fully saturated rings. The summed E-state index contributed by atoms with van der Waals surface area (Å²) >= 11 is 3.36. The molecule has 5 nitrogen and oxygen atoms in total. The van der Waals surface area contributed by atoms with Crippen LogP contribution in [-0.4, -0.2) is 15.4 Å². The Kier molecular flexibility index (Phi) is 3.98. The highest BCUT2D eigenvalue weighted by molar-refractivity contribution is 9.10. The highest BCUT2D eigenvalue weighted by Gasteiger charge is 2.12. The topological polar surface area (TPSA) is 68.4 Å². The second-order valence-electron chi connectivity index (χ2n) is 3.94. The number of halogens is 1. The van der Waals surface area contributed by atoms with Gasteiger partial charge < -0.3 is 9.84 Å². The van der Waals surface area contributed by atoms with Gasteiger partial charge in [0.25, 0.3) is 0 Å². The summed E-state index contributed by atoms with van der Waals surface area (Å²) in [6, 6.07) is 5.48.